The van der Waals surface area contributed by atoms with E-state index in [0.717, 1.165) is 27.8 Å². The first-order valence-corrected chi connectivity index (χ1v) is 5.91. The highest BCUT2D eigenvalue weighted by atomic mass is 16.4. The number of aliphatic carboxylic acids is 1. The molecule has 1 aromatic carbocycles. The van der Waals surface area contributed by atoms with Gasteiger partial charge in [0, 0.05) is 23.3 Å². The number of anilines is 1. The molecular formula is C14H16N2O2. The van der Waals surface area contributed by atoms with Gasteiger partial charge in [-0.15, -0.1) is 0 Å². The van der Waals surface area contributed by atoms with E-state index in [-0.39, 0.29) is 6.42 Å². The number of pyridine rings is 1. The van der Waals surface area contributed by atoms with Crippen molar-refractivity contribution in [3.05, 3.63) is 35.5 Å². The Morgan fingerprint density at radius 1 is 1.33 bits per heavy atom. The first kappa shape index (κ1) is 12.4. The fraction of sp³-hybridized carbons (Fsp3) is 0.286. The molecule has 0 aliphatic heterocycles. The van der Waals surface area contributed by atoms with Crippen LogP contribution in [0.1, 0.15) is 17.7 Å². The van der Waals surface area contributed by atoms with Crippen molar-refractivity contribution in [1.29, 1.82) is 0 Å². The van der Waals surface area contributed by atoms with Gasteiger partial charge in [-0.1, -0.05) is 18.2 Å². The van der Waals surface area contributed by atoms with Gasteiger partial charge in [-0.2, -0.15) is 0 Å². The van der Waals surface area contributed by atoms with E-state index in [2.05, 4.69) is 10.3 Å². The Labute approximate surface area is 106 Å². The molecule has 4 nitrogen and oxygen atoms in total. The third-order valence-corrected chi connectivity index (χ3v) is 3.02. The fourth-order valence-electron chi connectivity index (χ4n) is 1.95. The highest BCUT2D eigenvalue weighted by molar-refractivity contribution is 5.93. The smallest absolute Gasteiger partial charge is 0.305 e. The van der Waals surface area contributed by atoms with Gasteiger partial charge in [0.2, 0.25) is 0 Å². The maximum atomic E-state index is 10.6. The summed E-state index contributed by atoms with van der Waals surface area (Å²) in [6.07, 6.45) is 0.106. The number of carbonyl (C=O) groups is 1. The predicted octanol–water partition coefficient (Wildman–Crippen LogP) is 2.74. The summed E-state index contributed by atoms with van der Waals surface area (Å²) in [5, 5.41) is 12.9. The molecule has 18 heavy (non-hydrogen) atoms. The number of fused-ring (bicyclic) bond motifs is 1. The van der Waals surface area contributed by atoms with Crippen molar-refractivity contribution in [2.45, 2.75) is 20.3 Å². The van der Waals surface area contributed by atoms with Crippen LogP contribution in [0.5, 0.6) is 0 Å². The lowest BCUT2D eigenvalue weighted by Crippen LogP contribution is -2.09. The van der Waals surface area contributed by atoms with E-state index in [4.69, 9.17) is 5.11 Å². The molecule has 1 aromatic heterocycles. The number of rotatable bonds is 4. The van der Waals surface area contributed by atoms with Gasteiger partial charge < -0.3 is 10.4 Å². The highest BCUT2D eigenvalue weighted by Gasteiger charge is 2.08. The lowest BCUT2D eigenvalue weighted by molar-refractivity contribution is -0.136. The van der Waals surface area contributed by atoms with Crippen LogP contribution in [0, 0.1) is 13.8 Å². The Morgan fingerprint density at radius 3 is 2.78 bits per heavy atom. The second-order valence-electron chi connectivity index (χ2n) is 4.28. The molecule has 0 amide bonds. The second kappa shape index (κ2) is 5.04. The Hall–Kier alpha value is -2.10. The zero-order valence-electron chi connectivity index (χ0n) is 10.5. The molecule has 0 aliphatic rings. The summed E-state index contributed by atoms with van der Waals surface area (Å²) < 4.78 is 0. The standard InChI is InChI=1S/C14H16N2O2/c1-9-10(2)16-12-6-4-3-5-11(12)14(9)15-8-7-13(17)18/h3-6H,7-8H2,1-2H3,(H,15,16)(H,17,18). The van der Waals surface area contributed by atoms with Crippen molar-refractivity contribution in [2.24, 2.45) is 0 Å². The first-order chi connectivity index (χ1) is 8.59. The minimum atomic E-state index is -0.796. The van der Waals surface area contributed by atoms with E-state index in [1.807, 2.05) is 38.1 Å². The number of hydrogen-bond donors (Lipinski definition) is 2. The molecule has 2 rings (SSSR count). The SMILES string of the molecule is Cc1nc2ccccc2c(NCCC(=O)O)c1C. The second-order valence-corrected chi connectivity index (χ2v) is 4.28. The maximum absolute atomic E-state index is 10.6. The third-order valence-electron chi connectivity index (χ3n) is 3.02. The van der Waals surface area contributed by atoms with Crippen LogP contribution in [0.2, 0.25) is 0 Å². The number of carboxylic acid groups (broad SMARTS) is 1. The molecule has 0 atom stereocenters. The first-order valence-electron chi connectivity index (χ1n) is 5.91. The number of nitrogens with zero attached hydrogens (tertiary/aromatic N) is 1. The Kier molecular flexibility index (Phi) is 3.46. The van der Waals surface area contributed by atoms with Gasteiger partial charge in [0.25, 0.3) is 0 Å². The predicted molar refractivity (Wildman–Crippen MR) is 72.0 cm³/mol. The van der Waals surface area contributed by atoms with Crippen LogP contribution in [0.3, 0.4) is 0 Å². The van der Waals surface area contributed by atoms with Gasteiger partial charge in [-0.25, -0.2) is 0 Å². The molecule has 2 aromatic rings. The monoisotopic (exact) mass is 244 g/mol. The average Bonchev–Trinajstić information content (AvgIpc) is 2.33. The van der Waals surface area contributed by atoms with Crippen LogP contribution in [-0.4, -0.2) is 22.6 Å². The van der Waals surface area contributed by atoms with E-state index < -0.39 is 5.97 Å². The summed E-state index contributed by atoms with van der Waals surface area (Å²) >= 11 is 0. The minimum absolute atomic E-state index is 0.106. The minimum Gasteiger partial charge on any atom is -0.481 e. The van der Waals surface area contributed by atoms with Gasteiger partial charge in [0.1, 0.15) is 0 Å². The number of aromatic nitrogens is 1. The highest BCUT2D eigenvalue weighted by Crippen LogP contribution is 2.27. The van der Waals surface area contributed by atoms with Gasteiger partial charge in [-0.05, 0) is 25.5 Å². The van der Waals surface area contributed by atoms with Gasteiger partial charge >= 0.3 is 5.97 Å². The van der Waals surface area contributed by atoms with Crippen molar-refractivity contribution in [3.8, 4) is 0 Å². The van der Waals surface area contributed by atoms with Crippen molar-refractivity contribution in [2.75, 3.05) is 11.9 Å². The molecule has 1 heterocycles. The zero-order valence-corrected chi connectivity index (χ0v) is 10.5. The quantitative estimate of drug-likeness (QED) is 0.868. The Morgan fingerprint density at radius 2 is 2.06 bits per heavy atom. The van der Waals surface area contributed by atoms with Crippen LogP contribution in [0.15, 0.2) is 24.3 Å². The summed E-state index contributed by atoms with van der Waals surface area (Å²) in [6, 6.07) is 7.87. The van der Waals surface area contributed by atoms with Crippen molar-refractivity contribution in [3.63, 3.8) is 0 Å². The van der Waals surface area contributed by atoms with Crippen LogP contribution in [0.4, 0.5) is 5.69 Å². The third kappa shape index (κ3) is 2.42. The van der Waals surface area contributed by atoms with E-state index in [9.17, 15) is 4.79 Å². The number of nitrogens with one attached hydrogen (secondary N) is 1. The van der Waals surface area contributed by atoms with Crippen molar-refractivity contribution >= 4 is 22.6 Å². The summed E-state index contributed by atoms with van der Waals surface area (Å²) in [5.74, 6) is -0.796. The van der Waals surface area contributed by atoms with Gasteiger partial charge in [0.15, 0.2) is 0 Å². The van der Waals surface area contributed by atoms with Crippen LogP contribution < -0.4 is 5.32 Å². The molecule has 94 valence electrons. The molecule has 0 unspecified atom stereocenters. The van der Waals surface area contributed by atoms with E-state index in [1.165, 1.54) is 0 Å². The fourth-order valence-corrected chi connectivity index (χ4v) is 1.95. The van der Waals surface area contributed by atoms with Crippen LogP contribution >= 0.6 is 0 Å². The number of hydrogen-bond acceptors (Lipinski definition) is 3. The molecule has 0 saturated heterocycles. The summed E-state index contributed by atoms with van der Waals surface area (Å²) in [7, 11) is 0. The number of benzene rings is 1. The molecule has 4 heteroatoms. The molecule has 0 fully saturated rings. The largest absolute Gasteiger partial charge is 0.481 e. The zero-order chi connectivity index (χ0) is 13.1. The Balaban J connectivity index is 2.40. The lowest BCUT2D eigenvalue weighted by Gasteiger charge is -2.13. The van der Waals surface area contributed by atoms with E-state index in [0.29, 0.717) is 6.54 Å². The molecule has 0 spiro atoms. The average molecular weight is 244 g/mol. The number of aryl methyl sites for hydroxylation is 1. The van der Waals surface area contributed by atoms with Crippen molar-refractivity contribution < 1.29 is 9.90 Å². The van der Waals surface area contributed by atoms with Crippen LogP contribution in [-0.2, 0) is 4.79 Å². The van der Waals surface area contributed by atoms with Gasteiger partial charge in [0.05, 0.1) is 11.9 Å². The molecule has 2 N–H and O–H groups in total. The van der Waals surface area contributed by atoms with E-state index >= 15 is 0 Å². The topological polar surface area (TPSA) is 62.2 Å². The molecular weight excluding hydrogens is 228 g/mol. The molecule has 0 bridgehead atoms. The van der Waals surface area contributed by atoms with Crippen LogP contribution in [0.25, 0.3) is 10.9 Å². The maximum Gasteiger partial charge on any atom is 0.305 e. The Bertz CT molecular complexity index is 594. The molecule has 0 radical (unpaired) electrons. The normalized spacial score (nSPS) is 10.6. The van der Waals surface area contributed by atoms with Crippen molar-refractivity contribution in [1.82, 2.24) is 4.98 Å². The number of para-hydroxylation sites is 1. The number of carboxylic acids is 1. The van der Waals surface area contributed by atoms with E-state index in [1.54, 1.807) is 0 Å². The lowest BCUT2D eigenvalue weighted by atomic mass is 10.1. The summed E-state index contributed by atoms with van der Waals surface area (Å²) in [6.45, 7) is 4.38. The molecule has 0 saturated carbocycles. The summed E-state index contributed by atoms with van der Waals surface area (Å²) in [4.78, 5) is 15.1. The molecule has 0 aliphatic carbocycles. The summed E-state index contributed by atoms with van der Waals surface area (Å²) in [5.41, 5.74) is 3.95. The van der Waals surface area contributed by atoms with Gasteiger partial charge in [-0.3, -0.25) is 9.78 Å².